The molecule has 0 radical (unpaired) electrons. The largest absolute Gasteiger partial charge is 0.329 e. The standard InChI is InChI=1S/C16H17N3S/c1-3-14(12-7-5-4-6-8-12)19-15-13(18-16(19)20)10-9-11(2)17-15/h4-10,14H,3H2,1-2H3,(H,18,20). The number of benzene rings is 1. The van der Waals surface area contributed by atoms with Gasteiger partial charge in [-0.2, -0.15) is 0 Å². The smallest absolute Gasteiger partial charge is 0.179 e. The van der Waals surface area contributed by atoms with Crippen LogP contribution >= 0.6 is 12.2 Å². The van der Waals surface area contributed by atoms with Crippen molar-refractivity contribution in [2.45, 2.75) is 26.3 Å². The molecule has 0 aliphatic rings. The third-order valence-corrected chi connectivity index (χ3v) is 3.88. The molecule has 0 aliphatic heterocycles. The van der Waals surface area contributed by atoms with Crippen LogP contribution in [0.15, 0.2) is 42.5 Å². The minimum atomic E-state index is 0.215. The number of aryl methyl sites for hydroxylation is 1. The van der Waals surface area contributed by atoms with Crippen molar-refractivity contribution in [3.63, 3.8) is 0 Å². The van der Waals surface area contributed by atoms with E-state index in [1.807, 2.05) is 25.1 Å². The van der Waals surface area contributed by atoms with Crippen molar-refractivity contribution in [1.29, 1.82) is 0 Å². The lowest BCUT2D eigenvalue weighted by atomic mass is 10.0. The summed E-state index contributed by atoms with van der Waals surface area (Å²) in [4.78, 5) is 7.91. The van der Waals surface area contributed by atoms with Gasteiger partial charge in [0.2, 0.25) is 0 Å². The molecule has 20 heavy (non-hydrogen) atoms. The Hall–Kier alpha value is -1.94. The molecule has 2 aromatic heterocycles. The first-order valence-corrected chi connectivity index (χ1v) is 7.24. The fourth-order valence-electron chi connectivity index (χ4n) is 2.63. The summed E-state index contributed by atoms with van der Waals surface area (Å²) in [6.07, 6.45) is 0.973. The van der Waals surface area contributed by atoms with Crippen LogP contribution in [0.3, 0.4) is 0 Å². The van der Waals surface area contributed by atoms with Crippen molar-refractivity contribution in [3.8, 4) is 0 Å². The van der Waals surface area contributed by atoms with Crippen molar-refractivity contribution < 1.29 is 0 Å². The normalized spacial score (nSPS) is 12.7. The second-order valence-electron chi connectivity index (χ2n) is 4.96. The maximum atomic E-state index is 5.51. The predicted octanol–water partition coefficient (Wildman–Crippen LogP) is 4.40. The molecule has 0 bridgehead atoms. The van der Waals surface area contributed by atoms with E-state index in [0.29, 0.717) is 0 Å². The third-order valence-electron chi connectivity index (χ3n) is 3.59. The van der Waals surface area contributed by atoms with Gasteiger partial charge in [-0.05, 0) is 43.3 Å². The van der Waals surface area contributed by atoms with Crippen LogP contribution in [0.2, 0.25) is 0 Å². The minimum absolute atomic E-state index is 0.215. The molecule has 2 heterocycles. The molecule has 3 rings (SSSR count). The molecule has 1 unspecified atom stereocenters. The molecule has 3 aromatic rings. The summed E-state index contributed by atoms with van der Waals surface area (Å²) in [5, 5.41) is 0. The molecular weight excluding hydrogens is 266 g/mol. The number of hydrogen-bond donors (Lipinski definition) is 1. The van der Waals surface area contributed by atoms with Crippen LogP contribution in [0, 0.1) is 11.7 Å². The second-order valence-corrected chi connectivity index (χ2v) is 5.35. The zero-order valence-corrected chi connectivity index (χ0v) is 12.4. The zero-order chi connectivity index (χ0) is 14.1. The highest BCUT2D eigenvalue weighted by molar-refractivity contribution is 7.71. The monoisotopic (exact) mass is 283 g/mol. The second kappa shape index (κ2) is 5.21. The highest BCUT2D eigenvalue weighted by atomic mass is 32.1. The SMILES string of the molecule is CCC(c1ccccc1)n1c(=S)[nH]c2ccc(C)nc21. The molecule has 102 valence electrons. The number of H-pyrrole nitrogens is 1. The van der Waals surface area contributed by atoms with E-state index in [1.165, 1.54) is 5.56 Å². The molecular formula is C16H17N3S. The number of nitrogens with zero attached hydrogens (tertiary/aromatic N) is 2. The van der Waals surface area contributed by atoms with Crippen LogP contribution in [-0.4, -0.2) is 14.5 Å². The first-order valence-electron chi connectivity index (χ1n) is 6.83. The Morgan fingerprint density at radius 2 is 1.95 bits per heavy atom. The van der Waals surface area contributed by atoms with Gasteiger partial charge >= 0.3 is 0 Å². The van der Waals surface area contributed by atoms with Crippen LogP contribution in [0.5, 0.6) is 0 Å². The van der Waals surface area contributed by atoms with Crippen molar-refractivity contribution in [3.05, 3.63) is 58.5 Å². The molecule has 1 atom stereocenters. The van der Waals surface area contributed by atoms with E-state index < -0.39 is 0 Å². The molecule has 0 amide bonds. The summed E-state index contributed by atoms with van der Waals surface area (Å²) in [5.74, 6) is 0. The summed E-state index contributed by atoms with van der Waals surface area (Å²) in [5.41, 5.74) is 4.19. The van der Waals surface area contributed by atoms with E-state index in [4.69, 9.17) is 12.2 Å². The van der Waals surface area contributed by atoms with Gasteiger partial charge in [0.05, 0.1) is 11.6 Å². The fraction of sp³-hybridized carbons (Fsp3) is 0.250. The Bertz CT molecular complexity index is 786. The van der Waals surface area contributed by atoms with Gasteiger partial charge in [0, 0.05) is 5.69 Å². The molecule has 0 saturated carbocycles. The maximum absolute atomic E-state index is 5.51. The predicted molar refractivity (Wildman–Crippen MR) is 84.5 cm³/mol. The van der Waals surface area contributed by atoms with E-state index in [0.717, 1.165) is 28.0 Å². The number of pyridine rings is 1. The van der Waals surface area contributed by atoms with Gasteiger partial charge in [0.1, 0.15) is 0 Å². The quantitative estimate of drug-likeness (QED) is 0.723. The van der Waals surface area contributed by atoms with Crippen molar-refractivity contribution in [2.24, 2.45) is 0 Å². The highest BCUT2D eigenvalue weighted by Gasteiger charge is 2.16. The molecule has 0 aliphatic carbocycles. The van der Waals surface area contributed by atoms with Crippen LogP contribution in [0.1, 0.15) is 30.6 Å². The van der Waals surface area contributed by atoms with Crippen molar-refractivity contribution >= 4 is 23.4 Å². The molecule has 4 heteroatoms. The van der Waals surface area contributed by atoms with Gasteiger partial charge in [0.15, 0.2) is 10.4 Å². The van der Waals surface area contributed by atoms with E-state index in [2.05, 4.69) is 45.7 Å². The summed E-state index contributed by atoms with van der Waals surface area (Å²) in [6, 6.07) is 14.7. The average molecular weight is 283 g/mol. The van der Waals surface area contributed by atoms with Crippen molar-refractivity contribution in [2.75, 3.05) is 0 Å². The molecule has 0 spiro atoms. The lowest BCUT2D eigenvalue weighted by molar-refractivity contribution is 0.571. The first kappa shape index (κ1) is 13.1. The maximum Gasteiger partial charge on any atom is 0.179 e. The number of rotatable bonds is 3. The first-order chi connectivity index (χ1) is 9.70. The lowest BCUT2D eigenvalue weighted by Crippen LogP contribution is -2.10. The van der Waals surface area contributed by atoms with E-state index >= 15 is 0 Å². The summed E-state index contributed by atoms with van der Waals surface area (Å²) in [7, 11) is 0. The van der Waals surface area contributed by atoms with Gasteiger partial charge < -0.3 is 4.98 Å². The Morgan fingerprint density at radius 1 is 1.20 bits per heavy atom. The van der Waals surface area contributed by atoms with Gasteiger partial charge in [-0.25, -0.2) is 4.98 Å². The highest BCUT2D eigenvalue weighted by Crippen LogP contribution is 2.26. The Balaban J connectivity index is 2.24. The topological polar surface area (TPSA) is 33.6 Å². The number of hydrogen-bond acceptors (Lipinski definition) is 2. The van der Waals surface area contributed by atoms with Crippen LogP contribution in [0.25, 0.3) is 11.2 Å². The number of fused-ring (bicyclic) bond motifs is 1. The van der Waals surface area contributed by atoms with Crippen LogP contribution < -0.4 is 0 Å². The number of nitrogens with one attached hydrogen (secondary N) is 1. The van der Waals surface area contributed by atoms with Crippen LogP contribution in [-0.2, 0) is 0 Å². The molecule has 0 saturated heterocycles. The number of aromatic amines is 1. The van der Waals surface area contributed by atoms with E-state index in [-0.39, 0.29) is 6.04 Å². The summed E-state index contributed by atoms with van der Waals surface area (Å²) >= 11 is 5.51. The molecule has 3 nitrogen and oxygen atoms in total. The van der Waals surface area contributed by atoms with E-state index in [9.17, 15) is 0 Å². The lowest BCUT2D eigenvalue weighted by Gasteiger charge is -2.18. The Kier molecular flexibility index (Phi) is 3.40. The minimum Gasteiger partial charge on any atom is -0.329 e. The summed E-state index contributed by atoms with van der Waals surface area (Å²) < 4.78 is 2.86. The summed E-state index contributed by atoms with van der Waals surface area (Å²) in [6.45, 7) is 4.18. The van der Waals surface area contributed by atoms with Gasteiger partial charge in [-0.1, -0.05) is 37.3 Å². The average Bonchev–Trinajstić information content (AvgIpc) is 2.77. The number of imidazole rings is 1. The van der Waals surface area contributed by atoms with Crippen LogP contribution in [0.4, 0.5) is 0 Å². The van der Waals surface area contributed by atoms with E-state index in [1.54, 1.807) is 0 Å². The zero-order valence-electron chi connectivity index (χ0n) is 11.6. The molecule has 1 N–H and O–H groups in total. The van der Waals surface area contributed by atoms with Crippen molar-refractivity contribution in [1.82, 2.24) is 14.5 Å². The molecule has 1 aromatic carbocycles. The number of aromatic nitrogens is 3. The molecule has 0 fully saturated rings. The van der Waals surface area contributed by atoms with Gasteiger partial charge in [-0.3, -0.25) is 4.57 Å². The fourth-order valence-corrected chi connectivity index (χ4v) is 2.95. The Morgan fingerprint density at radius 3 is 2.65 bits per heavy atom. The van der Waals surface area contributed by atoms with Gasteiger partial charge in [0.25, 0.3) is 0 Å². The third kappa shape index (κ3) is 2.16. The Labute approximate surface area is 123 Å². The van der Waals surface area contributed by atoms with Gasteiger partial charge in [-0.15, -0.1) is 0 Å².